The Hall–Kier alpha value is -1.70. The van der Waals surface area contributed by atoms with Gasteiger partial charge in [0.1, 0.15) is 5.60 Å². The van der Waals surface area contributed by atoms with Gasteiger partial charge in [0, 0.05) is 0 Å². The summed E-state index contributed by atoms with van der Waals surface area (Å²) in [6.07, 6.45) is 5.20. The summed E-state index contributed by atoms with van der Waals surface area (Å²) in [5.74, 6) is 2.23. The molecule has 18 heavy (non-hydrogen) atoms. The molecule has 2 amide bonds. The second-order valence-electron chi connectivity index (χ2n) is 4.74. The highest BCUT2D eigenvalue weighted by molar-refractivity contribution is 5.88. The van der Waals surface area contributed by atoms with Crippen LogP contribution in [-0.2, 0) is 9.47 Å². The zero-order valence-electron chi connectivity index (χ0n) is 11.5. The van der Waals surface area contributed by atoms with Crippen LogP contribution in [0.1, 0.15) is 40.5 Å². The van der Waals surface area contributed by atoms with Crippen LogP contribution in [0.2, 0.25) is 0 Å². The molecule has 102 valence electrons. The number of hydrogen-bond donors (Lipinski definition) is 0. The van der Waals surface area contributed by atoms with Crippen molar-refractivity contribution in [2.75, 3.05) is 13.2 Å². The van der Waals surface area contributed by atoms with E-state index in [0.717, 1.165) is 17.7 Å². The predicted octanol–water partition coefficient (Wildman–Crippen LogP) is 2.79. The minimum absolute atomic E-state index is 0.167. The summed E-state index contributed by atoms with van der Waals surface area (Å²) in [5.41, 5.74) is -0.687. The van der Waals surface area contributed by atoms with E-state index in [2.05, 4.69) is 5.92 Å². The summed E-state index contributed by atoms with van der Waals surface area (Å²) in [6, 6.07) is 0. The molecule has 5 heteroatoms. The fourth-order valence-electron chi connectivity index (χ4n) is 0.994. The molecule has 0 N–H and O–H groups in total. The van der Waals surface area contributed by atoms with Gasteiger partial charge in [-0.25, -0.2) is 14.5 Å². The first-order valence-corrected chi connectivity index (χ1v) is 5.92. The molecular formula is C13H21NO4. The van der Waals surface area contributed by atoms with E-state index in [1.807, 2.05) is 6.92 Å². The molecule has 5 nitrogen and oxygen atoms in total. The van der Waals surface area contributed by atoms with Gasteiger partial charge in [-0.2, -0.15) is 0 Å². The van der Waals surface area contributed by atoms with E-state index in [-0.39, 0.29) is 13.2 Å². The van der Waals surface area contributed by atoms with Crippen molar-refractivity contribution in [1.29, 1.82) is 0 Å². The van der Waals surface area contributed by atoms with Gasteiger partial charge in [0.2, 0.25) is 0 Å². The number of amides is 2. The molecule has 0 saturated carbocycles. The molecule has 0 aliphatic rings. The first-order valence-electron chi connectivity index (χ1n) is 5.92. The van der Waals surface area contributed by atoms with Gasteiger partial charge in [-0.15, -0.1) is 6.42 Å². The van der Waals surface area contributed by atoms with Crippen molar-refractivity contribution in [3.63, 3.8) is 0 Å². The molecule has 0 heterocycles. The number of unbranched alkanes of at least 4 members (excludes halogenated alkanes) is 1. The first kappa shape index (κ1) is 16.3. The fraction of sp³-hybridized carbons (Fsp3) is 0.692. The standard InChI is InChI=1S/C13H21NO4/c1-6-8-10-17-11(15)14(9-7-2)12(16)18-13(3,4)5/h2H,6,8-10H2,1,3-5H3. The maximum atomic E-state index is 11.7. The number of terminal acetylenes is 1. The van der Waals surface area contributed by atoms with Crippen molar-refractivity contribution in [3.05, 3.63) is 0 Å². The highest BCUT2D eigenvalue weighted by Gasteiger charge is 2.27. The Labute approximate surface area is 108 Å². The zero-order chi connectivity index (χ0) is 14.2. The Balaban J connectivity index is 4.50. The molecule has 0 fully saturated rings. The molecular weight excluding hydrogens is 234 g/mol. The molecule has 0 aliphatic carbocycles. The number of carbonyl (C=O) groups excluding carboxylic acids is 2. The Morgan fingerprint density at radius 2 is 1.89 bits per heavy atom. The molecule has 0 unspecified atom stereocenters. The second kappa shape index (κ2) is 7.59. The number of nitrogens with zero attached hydrogens (tertiary/aromatic N) is 1. The third kappa shape index (κ3) is 6.79. The minimum atomic E-state index is -0.790. The minimum Gasteiger partial charge on any atom is -0.449 e. The van der Waals surface area contributed by atoms with Crippen LogP contribution in [0.5, 0.6) is 0 Å². The quantitative estimate of drug-likeness (QED) is 0.572. The molecule has 0 aliphatic heterocycles. The number of rotatable bonds is 4. The van der Waals surface area contributed by atoms with Gasteiger partial charge in [-0.1, -0.05) is 19.3 Å². The van der Waals surface area contributed by atoms with Crippen LogP contribution in [0.15, 0.2) is 0 Å². The lowest BCUT2D eigenvalue weighted by molar-refractivity contribution is 0.0244. The molecule has 0 spiro atoms. The lowest BCUT2D eigenvalue weighted by atomic mass is 10.2. The van der Waals surface area contributed by atoms with E-state index in [1.54, 1.807) is 20.8 Å². The first-order chi connectivity index (χ1) is 8.31. The smallest absolute Gasteiger partial charge is 0.420 e. The van der Waals surface area contributed by atoms with Crippen LogP contribution in [0.4, 0.5) is 9.59 Å². The molecule has 0 bridgehead atoms. The molecule has 0 rings (SSSR count). The molecule has 0 aromatic carbocycles. The third-order valence-corrected chi connectivity index (χ3v) is 1.81. The van der Waals surface area contributed by atoms with Crippen LogP contribution in [-0.4, -0.2) is 35.8 Å². The van der Waals surface area contributed by atoms with E-state index in [1.165, 1.54) is 0 Å². The fourth-order valence-corrected chi connectivity index (χ4v) is 0.994. The van der Waals surface area contributed by atoms with Crippen molar-refractivity contribution in [2.24, 2.45) is 0 Å². The summed E-state index contributed by atoms with van der Waals surface area (Å²) in [7, 11) is 0. The monoisotopic (exact) mass is 255 g/mol. The summed E-state index contributed by atoms with van der Waals surface area (Å²) in [5, 5.41) is 0. The van der Waals surface area contributed by atoms with Gasteiger partial charge in [-0.3, -0.25) is 0 Å². The van der Waals surface area contributed by atoms with Crippen LogP contribution < -0.4 is 0 Å². The molecule has 0 aromatic heterocycles. The largest absolute Gasteiger partial charge is 0.449 e. The Bertz CT molecular complexity index is 325. The van der Waals surface area contributed by atoms with Crippen LogP contribution >= 0.6 is 0 Å². The van der Waals surface area contributed by atoms with Crippen molar-refractivity contribution < 1.29 is 19.1 Å². The number of imide groups is 1. The van der Waals surface area contributed by atoms with Crippen LogP contribution in [0.25, 0.3) is 0 Å². The topological polar surface area (TPSA) is 55.8 Å². The van der Waals surface area contributed by atoms with E-state index < -0.39 is 17.8 Å². The second-order valence-corrected chi connectivity index (χ2v) is 4.74. The van der Waals surface area contributed by atoms with Crippen molar-refractivity contribution in [2.45, 2.75) is 46.1 Å². The van der Waals surface area contributed by atoms with Crippen molar-refractivity contribution >= 4 is 12.2 Å². The molecule has 0 atom stereocenters. The Kier molecular flexibility index (Phi) is 6.88. The predicted molar refractivity (Wildman–Crippen MR) is 68.0 cm³/mol. The van der Waals surface area contributed by atoms with Gasteiger partial charge in [-0.05, 0) is 27.2 Å². The molecule has 0 radical (unpaired) electrons. The number of carbonyl (C=O) groups is 2. The van der Waals surface area contributed by atoms with E-state index in [9.17, 15) is 9.59 Å². The molecule has 0 aromatic rings. The van der Waals surface area contributed by atoms with Gasteiger partial charge >= 0.3 is 12.2 Å². The Morgan fingerprint density at radius 3 is 2.33 bits per heavy atom. The maximum absolute atomic E-state index is 11.7. The zero-order valence-corrected chi connectivity index (χ0v) is 11.5. The molecule has 0 saturated heterocycles. The SMILES string of the molecule is C#CCN(C(=O)OCCCC)C(=O)OC(C)(C)C. The third-order valence-electron chi connectivity index (χ3n) is 1.81. The summed E-state index contributed by atoms with van der Waals surface area (Å²) in [6.45, 7) is 7.20. The van der Waals surface area contributed by atoms with E-state index in [4.69, 9.17) is 15.9 Å². The highest BCUT2D eigenvalue weighted by atomic mass is 16.6. The van der Waals surface area contributed by atoms with Gasteiger partial charge < -0.3 is 9.47 Å². The van der Waals surface area contributed by atoms with Crippen molar-refractivity contribution in [3.8, 4) is 12.3 Å². The number of hydrogen-bond acceptors (Lipinski definition) is 4. The summed E-state index contributed by atoms with van der Waals surface area (Å²) >= 11 is 0. The average molecular weight is 255 g/mol. The van der Waals surface area contributed by atoms with Gasteiger partial charge in [0.15, 0.2) is 0 Å². The normalized spacial score (nSPS) is 10.4. The lowest BCUT2D eigenvalue weighted by Crippen LogP contribution is -2.41. The highest BCUT2D eigenvalue weighted by Crippen LogP contribution is 2.10. The van der Waals surface area contributed by atoms with Crippen LogP contribution in [0.3, 0.4) is 0 Å². The summed E-state index contributed by atoms with van der Waals surface area (Å²) in [4.78, 5) is 24.2. The summed E-state index contributed by atoms with van der Waals surface area (Å²) < 4.78 is 9.99. The van der Waals surface area contributed by atoms with E-state index >= 15 is 0 Å². The maximum Gasteiger partial charge on any atom is 0.420 e. The lowest BCUT2D eigenvalue weighted by Gasteiger charge is -2.24. The average Bonchev–Trinajstić information content (AvgIpc) is 2.23. The van der Waals surface area contributed by atoms with E-state index in [0.29, 0.717) is 0 Å². The van der Waals surface area contributed by atoms with Crippen LogP contribution in [0, 0.1) is 12.3 Å². The van der Waals surface area contributed by atoms with Gasteiger partial charge in [0.25, 0.3) is 0 Å². The number of ether oxygens (including phenoxy) is 2. The van der Waals surface area contributed by atoms with Crippen molar-refractivity contribution in [1.82, 2.24) is 4.90 Å². The Morgan fingerprint density at radius 1 is 1.28 bits per heavy atom. The van der Waals surface area contributed by atoms with Gasteiger partial charge in [0.05, 0.1) is 13.2 Å².